The van der Waals surface area contributed by atoms with Crippen molar-refractivity contribution in [1.82, 2.24) is 0 Å². The van der Waals surface area contributed by atoms with E-state index in [2.05, 4.69) is 11.1 Å². The van der Waals surface area contributed by atoms with Gasteiger partial charge in [0.25, 0.3) is 0 Å². The molecule has 0 aliphatic heterocycles. The van der Waals surface area contributed by atoms with Gasteiger partial charge in [-0.1, -0.05) is 18.2 Å². The molecule has 2 aromatic heterocycles. The number of benzene rings is 1. The summed E-state index contributed by atoms with van der Waals surface area (Å²) in [4.78, 5) is 5.59. The first-order valence-corrected chi connectivity index (χ1v) is 9.64. The molecule has 0 bridgehead atoms. The Kier molecular flexibility index (Phi) is 4.82. The monoisotopic (exact) mass is 400 g/mol. The second-order valence-corrected chi connectivity index (χ2v) is 7.59. The Morgan fingerprint density at radius 3 is 2.68 bits per heavy atom. The summed E-state index contributed by atoms with van der Waals surface area (Å²) in [6.45, 7) is 0. The van der Waals surface area contributed by atoms with Gasteiger partial charge in [-0.25, -0.2) is 4.99 Å². The Labute approximate surface area is 163 Å². The highest BCUT2D eigenvalue weighted by Crippen LogP contribution is 2.40. The molecule has 4 rings (SSSR count). The number of hydrogen-bond acceptors (Lipinski definition) is 4. The standard InChI is InChI=1S/C21H15F3N2OS/c22-21(23,24)17-7-3-1-6-15(17)18-10-9-13(27-18)12-26-20-16(11-25)14-5-2-4-8-19(14)28-20/h1,3,6-7,9-10,12H,2,4-5,8H2. The van der Waals surface area contributed by atoms with Crippen molar-refractivity contribution in [3.8, 4) is 17.4 Å². The number of hydrogen-bond donors (Lipinski definition) is 0. The van der Waals surface area contributed by atoms with E-state index in [1.54, 1.807) is 6.07 Å². The van der Waals surface area contributed by atoms with E-state index in [0.717, 1.165) is 37.3 Å². The van der Waals surface area contributed by atoms with Crippen LogP contribution in [0.3, 0.4) is 0 Å². The van der Waals surface area contributed by atoms with Crippen molar-refractivity contribution in [3.05, 3.63) is 63.7 Å². The zero-order valence-corrected chi connectivity index (χ0v) is 15.5. The Bertz CT molecular complexity index is 1090. The van der Waals surface area contributed by atoms with Gasteiger partial charge >= 0.3 is 6.18 Å². The molecule has 1 aliphatic rings. The summed E-state index contributed by atoms with van der Waals surface area (Å²) in [5.74, 6) is 0.461. The second-order valence-electron chi connectivity index (χ2n) is 6.51. The van der Waals surface area contributed by atoms with Gasteiger partial charge < -0.3 is 4.42 Å². The summed E-state index contributed by atoms with van der Waals surface area (Å²) in [7, 11) is 0. The van der Waals surface area contributed by atoms with Gasteiger partial charge in [-0.2, -0.15) is 18.4 Å². The molecule has 0 saturated carbocycles. The molecule has 0 fully saturated rings. The van der Waals surface area contributed by atoms with Crippen LogP contribution in [0.2, 0.25) is 0 Å². The van der Waals surface area contributed by atoms with Crippen LogP contribution in [0, 0.1) is 11.3 Å². The summed E-state index contributed by atoms with van der Waals surface area (Å²) >= 11 is 1.50. The van der Waals surface area contributed by atoms with E-state index in [0.29, 0.717) is 16.3 Å². The number of furan rings is 1. The Balaban J connectivity index is 1.64. The molecular weight excluding hydrogens is 385 g/mol. The minimum atomic E-state index is -4.46. The lowest BCUT2D eigenvalue weighted by Gasteiger charge is -2.10. The minimum absolute atomic E-state index is 0.0149. The number of fused-ring (bicyclic) bond motifs is 1. The molecular formula is C21H15F3N2OS. The maximum absolute atomic E-state index is 13.2. The molecule has 0 radical (unpaired) electrons. The number of alkyl halides is 3. The zero-order valence-electron chi connectivity index (χ0n) is 14.7. The normalized spacial score (nSPS) is 14.2. The van der Waals surface area contributed by atoms with E-state index in [-0.39, 0.29) is 11.3 Å². The van der Waals surface area contributed by atoms with Crippen molar-refractivity contribution in [2.45, 2.75) is 31.9 Å². The van der Waals surface area contributed by atoms with Crippen molar-refractivity contribution in [1.29, 1.82) is 5.26 Å². The highest BCUT2D eigenvalue weighted by Gasteiger charge is 2.34. The molecule has 0 saturated heterocycles. The number of nitriles is 1. The van der Waals surface area contributed by atoms with Crippen molar-refractivity contribution in [2.24, 2.45) is 4.99 Å². The molecule has 3 aromatic rings. The molecule has 1 aromatic carbocycles. The maximum atomic E-state index is 13.2. The van der Waals surface area contributed by atoms with Gasteiger partial charge in [0.1, 0.15) is 22.6 Å². The SMILES string of the molecule is N#Cc1c(N=Cc2ccc(-c3ccccc3C(F)(F)F)o2)sc2c1CCCC2. The number of nitrogens with zero attached hydrogens (tertiary/aromatic N) is 2. The van der Waals surface area contributed by atoms with E-state index in [1.165, 1.54) is 46.7 Å². The van der Waals surface area contributed by atoms with Gasteiger partial charge in [-0.15, -0.1) is 11.3 Å². The summed E-state index contributed by atoms with van der Waals surface area (Å²) in [5, 5.41) is 10.1. The molecule has 0 amide bonds. The first kappa shape index (κ1) is 18.5. The van der Waals surface area contributed by atoms with Crippen molar-refractivity contribution in [3.63, 3.8) is 0 Å². The van der Waals surface area contributed by atoms with Crippen LogP contribution in [-0.2, 0) is 19.0 Å². The number of halogens is 3. The van der Waals surface area contributed by atoms with Crippen molar-refractivity contribution >= 4 is 22.6 Å². The Hall–Kier alpha value is -2.85. The molecule has 28 heavy (non-hydrogen) atoms. The minimum Gasteiger partial charge on any atom is -0.455 e. The Morgan fingerprint density at radius 1 is 1.11 bits per heavy atom. The molecule has 0 unspecified atom stereocenters. The summed E-state index contributed by atoms with van der Waals surface area (Å²) in [6.07, 6.45) is 1.03. The van der Waals surface area contributed by atoms with Crippen LogP contribution in [0.15, 0.2) is 45.8 Å². The number of rotatable bonds is 3. The summed E-state index contributed by atoms with van der Waals surface area (Å²) in [6, 6.07) is 10.6. The topological polar surface area (TPSA) is 49.3 Å². The van der Waals surface area contributed by atoms with E-state index in [4.69, 9.17) is 4.42 Å². The predicted molar refractivity (Wildman–Crippen MR) is 102 cm³/mol. The van der Waals surface area contributed by atoms with Crippen LogP contribution in [-0.4, -0.2) is 6.21 Å². The predicted octanol–water partition coefficient (Wildman–Crippen LogP) is 6.53. The molecule has 0 N–H and O–H groups in total. The van der Waals surface area contributed by atoms with Gasteiger partial charge in [0.2, 0.25) is 0 Å². The third-order valence-corrected chi connectivity index (χ3v) is 5.90. The average molecular weight is 400 g/mol. The third kappa shape index (κ3) is 3.48. The average Bonchev–Trinajstić information content (AvgIpc) is 3.29. The molecule has 0 spiro atoms. The van der Waals surface area contributed by atoms with Crippen LogP contribution in [0.1, 0.15) is 40.2 Å². The van der Waals surface area contributed by atoms with Gasteiger partial charge in [-0.3, -0.25) is 0 Å². The van der Waals surface area contributed by atoms with Crippen LogP contribution in [0.5, 0.6) is 0 Å². The second kappa shape index (κ2) is 7.28. The fraction of sp³-hybridized carbons (Fsp3) is 0.238. The fourth-order valence-corrected chi connectivity index (χ4v) is 4.58. The molecule has 3 nitrogen and oxygen atoms in total. The van der Waals surface area contributed by atoms with Crippen LogP contribution < -0.4 is 0 Å². The first-order valence-electron chi connectivity index (χ1n) is 8.82. The fourth-order valence-electron chi connectivity index (χ4n) is 3.39. The molecule has 0 atom stereocenters. The summed E-state index contributed by atoms with van der Waals surface area (Å²) < 4.78 is 45.2. The van der Waals surface area contributed by atoms with Crippen molar-refractivity contribution < 1.29 is 17.6 Å². The molecule has 2 heterocycles. The zero-order chi connectivity index (χ0) is 19.7. The number of aryl methyl sites for hydroxylation is 1. The largest absolute Gasteiger partial charge is 0.455 e. The van der Waals surface area contributed by atoms with Crippen LogP contribution >= 0.6 is 11.3 Å². The van der Waals surface area contributed by atoms with E-state index in [9.17, 15) is 18.4 Å². The van der Waals surface area contributed by atoms with Gasteiger partial charge in [-0.05, 0) is 49.4 Å². The lowest BCUT2D eigenvalue weighted by molar-refractivity contribution is -0.137. The third-order valence-electron chi connectivity index (χ3n) is 4.70. The van der Waals surface area contributed by atoms with E-state index in [1.807, 2.05) is 0 Å². The van der Waals surface area contributed by atoms with Gasteiger partial charge in [0.05, 0.1) is 17.3 Å². The van der Waals surface area contributed by atoms with Gasteiger partial charge in [0, 0.05) is 10.4 Å². The number of thiophene rings is 1. The lowest BCUT2D eigenvalue weighted by Crippen LogP contribution is -2.06. The molecule has 142 valence electrons. The molecule has 7 heteroatoms. The number of aliphatic imine (C=N–C) groups is 1. The Morgan fingerprint density at radius 2 is 1.89 bits per heavy atom. The first-order chi connectivity index (χ1) is 13.5. The van der Waals surface area contributed by atoms with Crippen LogP contribution in [0.4, 0.5) is 18.2 Å². The lowest BCUT2D eigenvalue weighted by atomic mass is 9.96. The summed E-state index contributed by atoms with van der Waals surface area (Å²) in [5.41, 5.74) is 0.930. The van der Waals surface area contributed by atoms with Crippen molar-refractivity contribution in [2.75, 3.05) is 0 Å². The highest BCUT2D eigenvalue weighted by atomic mass is 32.1. The highest BCUT2D eigenvalue weighted by molar-refractivity contribution is 7.16. The van der Waals surface area contributed by atoms with E-state index < -0.39 is 11.7 Å². The quantitative estimate of drug-likeness (QED) is 0.470. The van der Waals surface area contributed by atoms with Crippen LogP contribution in [0.25, 0.3) is 11.3 Å². The smallest absolute Gasteiger partial charge is 0.417 e. The van der Waals surface area contributed by atoms with E-state index >= 15 is 0 Å². The maximum Gasteiger partial charge on any atom is 0.417 e. The molecule has 1 aliphatic carbocycles. The van der Waals surface area contributed by atoms with Gasteiger partial charge in [0.15, 0.2) is 0 Å².